The summed E-state index contributed by atoms with van der Waals surface area (Å²) in [5.74, 6) is 1.96. The number of anilines is 2. The van der Waals surface area contributed by atoms with Crippen molar-refractivity contribution in [2.45, 2.75) is 32.6 Å². The van der Waals surface area contributed by atoms with E-state index in [0.29, 0.717) is 17.7 Å². The molecule has 25 heavy (non-hydrogen) atoms. The summed E-state index contributed by atoms with van der Waals surface area (Å²) in [6, 6.07) is 1.84. The Morgan fingerprint density at radius 2 is 2.00 bits per heavy atom. The van der Waals surface area contributed by atoms with Gasteiger partial charge in [0.25, 0.3) is 0 Å². The van der Waals surface area contributed by atoms with Gasteiger partial charge in [-0.3, -0.25) is 0 Å². The first kappa shape index (κ1) is 17.9. The van der Waals surface area contributed by atoms with Crippen molar-refractivity contribution in [1.82, 2.24) is 15.1 Å². The fourth-order valence-corrected chi connectivity index (χ4v) is 3.87. The van der Waals surface area contributed by atoms with Crippen molar-refractivity contribution in [2.75, 3.05) is 50.6 Å². The largest absolute Gasteiger partial charge is 0.381 e. The molecule has 2 fully saturated rings. The Hall–Kier alpha value is -1.89. The molecule has 1 N–H and O–H groups in total. The molecule has 0 spiro atoms. The van der Waals surface area contributed by atoms with E-state index in [1.54, 1.807) is 0 Å². The van der Waals surface area contributed by atoms with E-state index in [0.717, 1.165) is 56.9 Å². The Labute approximate surface area is 149 Å². The maximum absolute atomic E-state index is 12.8. The molecule has 2 amide bonds. The first-order valence-electron chi connectivity index (χ1n) is 9.20. The van der Waals surface area contributed by atoms with Crippen LogP contribution < -0.4 is 10.2 Å². The van der Waals surface area contributed by atoms with Crippen LogP contribution in [0.4, 0.5) is 16.3 Å². The summed E-state index contributed by atoms with van der Waals surface area (Å²) < 4.78 is 5.48. The predicted molar refractivity (Wildman–Crippen MR) is 98.0 cm³/mol. The summed E-state index contributed by atoms with van der Waals surface area (Å²) >= 11 is 0. The van der Waals surface area contributed by atoms with Crippen molar-refractivity contribution in [3.63, 3.8) is 0 Å². The average Bonchev–Trinajstić information content (AvgIpc) is 2.62. The number of hydrogen-bond donors (Lipinski definition) is 1. The van der Waals surface area contributed by atoms with E-state index in [4.69, 9.17) is 4.74 Å². The van der Waals surface area contributed by atoms with Crippen molar-refractivity contribution in [3.8, 4) is 0 Å². The van der Waals surface area contributed by atoms with Crippen LogP contribution in [0.1, 0.15) is 31.4 Å². The van der Waals surface area contributed by atoms with Crippen LogP contribution in [0.15, 0.2) is 6.07 Å². The molecule has 0 aromatic carbocycles. The maximum Gasteiger partial charge on any atom is 0.321 e. The van der Waals surface area contributed by atoms with Crippen LogP contribution in [-0.4, -0.2) is 61.5 Å². The minimum atomic E-state index is -0.0349. The summed E-state index contributed by atoms with van der Waals surface area (Å²) in [7, 11) is 3.80. The molecule has 1 aromatic rings. The van der Waals surface area contributed by atoms with Gasteiger partial charge < -0.3 is 19.9 Å². The maximum atomic E-state index is 12.8. The number of ether oxygens (including phenoxy) is 1. The molecule has 0 radical (unpaired) electrons. The highest BCUT2D eigenvalue weighted by molar-refractivity contribution is 5.92. The van der Waals surface area contributed by atoms with Crippen LogP contribution in [0.5, 0.6) is 0 Å². The van der Waals surface area contributed by atoms with E-state index in [1.165, 1.54) is 6.42 Å². The van der Waals surface area contributed by atoms with E-state index >= 15 is 0 Å². The molecule has 1 atom stereocenters. The first-order valence-corrected chi connectivity index (χ1v) is 9.20. The summed E-state index contributed by atoms with van der Waals surface area (Å²) in [5.41, 5.74) is 1.51. The van der Waals surface area contributed by atoms with Crippen LogP contribution in [0.25, 0.3) is 0 Å². The van der Waals surface area contributed by atoms with E-state index in [9.17, 15) is 4.79 Å². The van der Waals surface area contributed by atoms with Gasteiger partial charge in [-0.15, -0.1) is 5.10 Å². The van der Waals surface area contributed by atoms with Crippen molar-refractivity contribution in [1.29, 1.82) is 0 Å². The molecule has 3 rings (SSSR count). The zero-order chi connectivity index (χ0) is 17.8. The van der Waals surface area contributed by atoms with Crippen molar-refractivity contribution in [3.05, 3.63) is 11.8 Å². The molecule has 0 bridgehead atoms. The number of nitrogens with one attached hydrogen (secondary N) is 1. The lowest BCUT2D eigenvalue weighted by Gasteiger charge is -2.38. The fraction of sp³-hybridized carbons (Fsp3) is 0.722. The number of urea groups is 1. The summed E-state index contributed by atoms with van der Waals surface area (Å²) in [6.45, 7) is 5.26. The Balaban J connectivity index is 1.65. The second kappa shape index (κ2) is 7.99. The Kier molecular flexibility index (Phi) is 5.73. The number of amides is 2. The minimum absolute atomic E-state index is 0.0349. The van der Waals surface area contributed by atoms with Gasteiger partial charge in [0, 0.05) is 40.4 Å². The third kappa shape index (κ3) is 4.39. The van der Waals surface area contributed by atoms with Gasteiger partial charge >= 0.3 is 6.03 Å². The lowest BCUT2D eigenvalue weighted by Crippen LogP contribution is -2.45. The lowest BCUT2D eigenvalue weighted by molar-refractivity contribution is 0.0322. The number of aromatic nitrogens is 2. The molecular weight excluding hydrogens is 318 g/mol. The summed E-state index contributed by atoms with van der Waals surface area (Å²) in [4.78, 5) is 16.6. The normalized spacial score (nSPS) is 21.9. The fourth-order valence-electron chi connectivity index (χ4n) is 3.87. The number of hydrogen-bond acceptors (Lipinski definition) is 5. The summed E-state index contributed by atoms with van der Waals surface area (Å²) in [6.07, 6.45) is 4.54. The molecule has 0 aliphatic carbocycles. The number of piperidine rings is 1. The van der Waals surface area contributed by atoms with Crippen molar-refractivity contribution >= 4 is 17.5 Å². The highest BCUT2D eigenvalue weighted by atomic mass is 16.5. The third-order valence-corrected chi connectivity index (χ3v) is 5.24. The number of likely N-dealkylation sites (tertiary alicyclic amines) is 1. The monoisotopic (exact) mass is 347 g/mol. The minimum Gasteiger partial charge on any atom is -0.381 e. The molecule has 2 saturated heterocycles. The van der Waals surface area contributed by atoms with Crippen LogP contribution in [0, 0.1) is 18.8 Å². The Morgan fingerprint density at radius 1 is 1.24 bits per heavy atom. The number of carbonyl (C=O) groups excluding carboxylic acids is 1. The molecule has 7 nitrogen and oxygen atoms in total. The van der Waals surface area contributed by atoms with Gasteiger partial charge in [0.2, 0.25) is 0 Å². The Morgan fingerprint density at radius 3 is 2.72 bits per heavy atom. The van der Waals surface area contributed by atoms with Crippen molar-refractivity contribution in [2.24, 2.45) is 11.8 Å². The van der Waals surface area contributed by atoms with Gasteiger partial charge in [0.15, 0.2) is 5.82 Å². The van der Waals surface area contributed by atoms with Gasteiger partial charge in [0.1, 0.15) is 0 Å². The molecule has 7 heteroatoms. The van der Waals surface area contributed by atoms with Gasteiger partial charge in [-0.25, -0.2) is 4.79 Å². The highest BCUT2D eigenvalue weighted by Crippen LogP contribution is 2.31. The highest BCUT2D eigenvalue weighted by Gasteiger charge is 2.30. The van der Waals surface area contributed by atoms with E-state index < -0.39 is 0 Å². The van der Waals surface area contributed by atoms with Crippen LogP contribution in [0.2, 0.25) is 0 Å². The second-order valence-electron chi connectivity index (χ2n) is 7.35. The lowest BCUT2D eigenvalue weighted by atomic mass is 9.81. The number of aryl methyl sites for hydroxylation is 1. The average molecular weight is 347 g/mol. The van der Waals surface area contributed by atoms with Crippen LogP contribution >= 0.6 is 0 Å². The molecular formula is C18H29N5O2. The van der Waals surface area contributed by atoms with Gasteiger partial charge in [0.05, 0.1) is 11.4 Å². The topological polar surface area (TPSA) is 70.6 Å². The molecule has 0 saturated carbocycles. The van der Waals surface area contributed by atoms with Crippen LogP contribution in [0.3, 0.4) is 0 Å². The molecule has 138 valence electrons. The van der Waals surface area contributed by atoms with E-state index in [-0.39, 0.29) is 6.03 Å². The van der Waals surface area contributed by atoms with E-state index in [1.807, 2.05) is 36.9 Å². The standard InChI is InChI=1S/C18H29N5O2/c1-13-11-16(17(21-20-13)22(2)3)19-18(24)23-8-4-5-15(12-23)14-6-9-25-10-7-14/h11,14-15H,4-10,12H2,1-3H3,(H,19,20,24). The molecule has 1 unspecified atom stereocenters. The number of nitrogens with zero attached hydrogens (tertiary/aromatic N) is 4. The van der Waals surface area contributed by atoms with Crippen molar-refractivity contribution < 1.29 is 9.53 Å². The van der Waals surface area contributed by atoms with E-state index in [2.05, 4.69) is 15.5 Å². The number of rotatable bonds is 3. The van der Waals surface area contributed by atoms with Crippen LogP contribution in [-0.2, 0) is 4.74 Å². The summed E-state index contributed by atoms with van der Waals surface area (Å²) in [5, 5.41) is 11.3. The quantitative estimate of drug-likeness (QED) is 0.910. The molecule has 1 aromatic heterocycles. The Bertz CT molecular complexity index is 601. The third-order valence-electron chi connectivity index (χ3n) is 5.24. The first-order chi connectivity index (χ1) is 12.0. The zero-order valence-corrected chi connectivity index (χ0v) is 15.5. The molecule has 2 aliphatic rings. The smallest absolute Gasteiger partial charge is 0.321 e. The van der Waals surface area contributed by atoms with Gasteiger partial charge in [-0.2, -0.15) is 5.10 Å². The molecule has 2 aliphatic heterocycles. The number of carbonyl (C=O) groups is 1. The predicted octanol–water partition coefficient (Wildman–Crippen LogP) is 2.52. The SMILES string of the molecule is Cc1cc(NC(=O)N2CCCC(C3CCOCC3)C2)c(N(C)C)nn1. The molecule has 3 heterocycles. The second-order valence-corrected chi connectivity index (χ2v) is 7.35. The van der Waals surface area contributed by atoms with Gasteiger partial charge in [-0.1, -0.05) is 0 Å². The van der Waals surface area contributed by atoms with Gasteiger partial charge in [-0.05, 0) is 50.5 Å². The zero-order valence-electron chi connectivity index (χ0n) is 15.5.